The van der Waals surface area contributed by atoms with E-state index < -0.39 is 0 Å². The van der Waals surface area contributed by atoms with Crippen molar-refractivity contribution < 1.29 is 4.79 Å². The van der Waals surface area contributed by atoms with Crippen LogP contribution >= 0.6 is 11.8 Å². The van der Waals surface area contributed by atoms with Gasteiger partial charge in [-0.1, -0.05) is 38.3 Å². The Morgan fingerprint density at radius 2 is 2.36 bits per heavy atom. The predicted octanol–water partition coefficient (Wildman–Crippen LogP) is 3.72. The second kappa shape index (κ2) is 7.03. The first-order valence-corrected chi connectivity index (χ1v) is 9.58. The molecule has 0 radical (unpaired) electrons. The number of hydrogen-bond acceptors (Lipinski definition) is 3. The molecule has 0 bridgehead atoms. The van der Waals surface area contributed by atoms with E-state index in [1.807, 2.05) is 18.0 Å². The third kappa shape index (κ3) is 2.90. The van der Waals surface area contributed by atoms with Crippen LogP contribution in [0.2, 0.25) is 0 Å². The minimum Gasteiger partial charge on any atom is -0.356 e. The number of nitrogens with zero attached hydrogens (tertiary/aromatic N) is 1. The van der Waals surface area contributed by atoms with E-state index in [1.54, 1.807) is 0 Å². The number of aliphatic imine (C=N–C) groups is 1. The number of carbonyl (C=O) groups excluding carboxylic acids is 1. The van der Waals surface area contributed by atoms with Crippen LogP contribution in [0.4, 0.5) is 0 Å². The highest BCUT2D eigenvalue weighted by Crippen LogP contribution is 2.56. The first-order valence-electron chi connectivity index (χ1n) is 8.59. The second-order valence-corrected chi connectivity index (χ2v) is 7.85. The first kappa shape index (κ1) is 15.9. The summed E-state index contributed by atoms with van der Waals surface area (Å²) < 4.78 is 0.0632. The zero-order valence-corrected chi connectivity index (χ0v) is 14.2. The standard InChI is InChI=1S/C18H26N2OS/c1-2-3-4-7-11-20-17(21)14-13-22-18-10-6-5-8-16(18)19-12-9-15(14)18/h5-6,8,12,14-15H,2-4,7,9-11,13H2,1H3,(H,20,21). The van der Waals surface area contributed by atoms with Crippen molar-refractivity contribution in [1.82, 2.24) is 5.32 Å². The van der Waals surface area contributed by atoms with Crippen molar-refractivity contribution in [2.45, 2.75) is 50.2 Å². The van der Waals surface area contributed by atoms with Crippen LogP contribution < -0.4 is 5.32 Å². The van der Waals surface area contributed by atoms with E-state index in [1.165, 1.54) is 25.0 Å². The molecule has 1 aliphatic carbocycles. The third-order valence-corrected chi connectivity index (χ3v) is 6.83. The normalized spacial score (nSPS) is 32.3. The van der Waals surface area contributed by atoms with E-state index >= 15 is 0 Å². The summed E-state index contributed by atoms with van der Waals surface area (Å²) in [5, 5.41) is 3.17. The van der Waals surface area contributed by atoms with E-state index in [9.17, 15) is 4.79 Å². The molecular formula is C18H26N2OS. The zero-order valence-electron chi connectivity index (χ0n) is 13.4. The number of thioether (sulfide) groups is 1. The summed E-state index contributed by atoms with van der Waals surface area (Å²) in [6.07, 6.45) is 15.2. The number of rotatable bonds is 6. The van der Waals surface area contributed by atoms with Gasteiger partial charge in [0, 0.05) is 18.5 Å². The second-order valence-electron chi connectivity index (χ2n) is 6.50. The van der Waals surface area contributed by atoms with Crippen molar-refractivity contribution in [2.75, 3.05) is 12.3 Å². The minimum atomic E-state index is 0.0632. The molecule has 3 rings (SSSR count). The molecule has 2 heterocycles. The summed E-state index contributed by atoms with van der Waals surface area (Å²) in [7, 11) is 0. The van der Waals surface area contributed by atoms with Crippen molar-refractivity contribution in [3.8, 4) is 0 Å². The van der Waals surface area contributed by atoms with Crippen molar-refractivity contribution >= 4 is 23.9 Å². The SMILES string of the molecule is CCCCCCNC(=O)C1CSC23CC=CC=C2N=CCC13. The Labute approximate surface area is 137 Å². The van der Waals surface area contributed by atoms with Crippen molar-refractivity contribution in [3.63, 3.8) is 0 Å². The molecular weight excluding hydrogens is 292 g/mol. The lowest BCUT2D eigenvalue weighted by Crippen LogP contribution is -2.43. The molecule has 2 aliphatic heterocycles. The molecule has 0 aromatic carbocycles. The monoisotopic (exact) mass is 318 g/mol. The molecule has 1 spiro atoms. The van der Waals surface area contributed by atoms with Gasteiger partial charge in [0.1, 0.15) is 0 Å². The number of hydrogen-bond donors (Lipinski definition) is 1. The third-order valence-electron chi connectivity index (χ3n) is 5.11. The Morgan fingerprint density at radius 1 is 1.45 bits per heavy atom. The molecule has 3 nitrogen and oxygen atoms in total. The van der Waals surface area contributed by atoms with Crippen LogP contribution in [0.3, 0.4) is 0 Å². The molecule has 120 valence electrons. The predicted molar refractivity (Wildman–Crippen MR) is 94.3 cm³/mol. The molecule has 3 unspecified atom stereocenters. The quantitative estimate of drug-likeness (QED) is 0.758. The van der Waals surface area contributed by atoms with E-state index in [0.717, 1.165) is 31.6 Å². The smallest absolute Gasteiger partial charge is 0.224 e. The number of nitrogens with one attached hydrogen (secondary N) is 1. The average molecular weight is 318 g/mol. The van der Waals surface area contributed by atoms with Crippen LogP contribution in [0.5, 0.6) is 0 Å². The Hall–Kier alpha value is -1.03. The molecule has 3 aliphatic rings. The minimum absolute atomic E-state index is 0.0632. The average Bonchev–Trinajstić information content (AvgIpc) is 2.92. The van der Waals surface area contributed by atoms with E-state index in [0.29, 0.717) is 5.92 Å². The van der Waals surface area contributed by atoms with E-state index in [4.69, 9.17) is 0 Å². The lowest BCUT2D eigenvalue weighted by atomic mass is 9.73. The molecule has 0 aromatic heterocycles. The first-order chi connectivity index (χ1) is 10.8. The van der Waals surface area contributed by atoms with Crippen LogP contribution in [-0.4, -0.2) is 29.2 Å². The maximum Gasteiger partial charge on any atom is 0.224 e. The molecule has 3 atom stereocenters. The fourth-order valence-corrected chi connectivity index (χ4v) is 5.65. The van der Waals surface area contributed by atoms with Gasteiger partial charge in [-0.3, -0.25) is 9.79 Å². The van der Waals surface area contributed by atoms with Crippen LogP contribution in [-0.2, 0) is 4.79 Å². The summed E-state index contributed by atoms with van der Waals surface area (Å²) in [6.45, 7) is 3.04. The van der Waals surface area contributed by atoms with Gasteiger partial charge in [-0.25, -0.2) is 0 Å². The zero-order chi connectivity index (χ0) is 15.4. The summed E-state index contributed by atoms with van der Waals surface area (Å²) in [5.41, 5.74) is 1.18. The Morgan fingerprint density at radius 3 is 3.23 bits per heavy atom. The highest BCUT2D eigenvalue weighted by Gasteiger charge is 2.54. The summed E-state index contributed by atoms with van der Waals surface area (Å²) in [6, 6.07) is 0. The maximum atomic E-state index is 12.6. The molecule has 1 N–H and O–H groups in total. The van der Waals surface area contributed by atoms with Crippen molar-refractivity contribution in [2.24, 2.45) is 16.8 Å². The summed E-state index contributed by atoms with van der Waals surface area (Å²) >= 11 is 1.95. The molecule has 0 aromatic rings. The van der Waals surface area contributed by atoms with Crippen molar-refractivity contribution in [1.29, 1.82) is 0 Å². The topological polar surface area (TPSA) is 41.5 Å². The number of unbranched alkanes of at least 4 members (excludes halogenated alkanes) is 3. The van der Waals surface area contributed by atoms with Crippen LogP contribution in [0.25, 0.3) is 0 Å². The summed E-state index contributed by atoms with van der Waals surface area (Å²) in [5.74, 6) is 1.73. The van der Waals surface area contributed by atoms with Gasteiger partial charge in [-0.2, -0.15) is 0 Å². The Balaban J connectivity index is 1.60. The van der Waals surface area contributed by atoms with Gasteiger partial charge in [-0.05, 0) is 31.3 Å². The largest absolute Gasteiger partial charge is 0.356 e. The van der Waals surface area contributed by atoms with Gasteiger partial charge in [0.15, 0.2) is 0 Å². The Bertz CT molecular complexity index is 511. The molecule has 1 saturated heterocycles. The lowest BCUT2D eigenvalue weighted by Gasteiger charge is -2.39. The highest BCUT2D eigenvalue weighted by atomic mass is 32.2. The summed E-state index contributed by atoms with van der Waals surface area (Å²) in [4.78, 5) is 17.2. The number of amides is 1. The van der Waals surface area contributed by atoms with Crippen LogP contribution in [0.15, 0.2) is 28.9 Å². The molecule has 22 heavy (non-hydrogen) atoms. The van der Waals surface area contributed by atoms with Gasteiger partial charge >= 0.3 is 0 Å². The number of allylic oxidation sites excluding steroid dienone is 3. The van der Waals surface area contributed by atoms with Gasteiger partial charge in [0.25, 0.3) is 0 Å². The molecule has 4 heteroatoms. The van der Waals surface area contributed by atoms with Gasteiger partial charge in [-0.15, -0.1) is 11.8 Å². The van der Waals surface area contributed by atoms with Gasteiger partial charge in [0.2, 0.25) is 5.91 Å². The van der Waals surface area contributed by atoms with E-state index in [-0.39, 0.29) is 16.6 Å². The van der Waals surface area contributed by atoms with Gasteiger partial charge in [0.05, 0.1) is 16.4 Å². The maximum absolute atomic E-state index is 12.6. The van der Waals surface area contributed by atoms with Gasteiger partial charge < -0.3 is 5.32 Å². The molecule has 1 fully saturated rings. The highest BCUT2D eigenvalue weighted by molar-refractivity contribution is 8.01. The number of carbonyl (C=O) groups is 1. The lowest BCUT2D eigenvalue weighted by molar-refractivity contribution is -0.125. The molecule has 0 saturated carbocycles. The fourth-order valence-electron chi connectivity index (χ4n) is 3.83. The Kier molecular flexibility index (Phi) is 5.07. The molecule has 1 amide bonds. The van der Waals surface area contributed by atoms with Crippen LogP contribution in [0.1, 0.15) is 45.4 Å². The van der Waals surface area contributed by atoms with Crippen LogP contribution in [0, 0.1) is 11.8 Å². The fraction of sp³-hybridized carbons (Fsp3) is 0.667. The van der Waals surface area contributed by atoms with E-state index in [2.05, 4.69) is 35.5 Å². The van der Waals surface area contributed by atoms with Crippen molar-refractivity contribution in [3.05, 3.63) is 23.9 Å².